The van der Waals surface area contributed by atoms with Gasteiger partial charge in [0.15, 0.2) is 0 Å². The van der Waals surface area contributed by atoms with Crippen molar-refractivity contribution in [2.75, 3.05) is 5.32 Å². The van der Waals surface area contributed by atoms with E-state index in [-0.39, 0.29) is 29.6 Å². The Morgan fingerprint density at radius 2 is 1.68 bits per heavy atom. The molecule has 194 valence electrons. The first-order valence-corrected chi connectivity index (χ1v) is 13.2. The summed E-state index contributed by atoms with van der Waals surface area (Å²) in [6.45, 7) is -0.222. The van der Waals surface area contributed by atoms with Gasteiger partial charge in [0.2, 0.25) is 0 Å². The minimum atomic E-state index is -1.15. The van der Waals surface area contributed by atoms with Gasteiger partial charge in [0.1, 0.15) is 5.82 Å². The molecule has 3 aromatic rings. The molecule has 0 unspecified atom stereocenters. The van der Waals surface area contributed by atoms with E-state index in [0.717, 1.165) is 55.9 Å². The standard InChI is InChI=1S/C29H32FN3O4/c30-24-17-23-26(18-25(24)31-20-11-5-2-6-12-20)33(21-13-7-8-14-21)29(37)32(27(23)34)16-15-22(28(35)36)19-9-3-1-4-10-19/h1,3-4,9-10,15,17-18,20-21,31H,2,5-8,11-14,16H2,(H,35,36). The largest absolute Gasteiger partial charge is 0.478 e. The maximum atomic E-state index is 15.2. The van der Waals surface area contributed by atoms with Crippen LogP contribution >= 0.6 is 0 Å². The number of hydrogen-bond acceptors (Lipinski definition) is 4. The third-order valence-corrected chi connectivity index (χ3v) is 7.71. The molecular formula is C29H32FN3O4. The molecule has 2 saturated carbocycles. The Hall–Kier alpha value is -3.68. The first-order chi connectivity index (χ1) is 17.9. The third-order valence-electron chi connectivity index (χ3n) is 7.71. The average molecular weight is 506 g/mol. The van der Waals surface area contributed by atoms with Crippen molar-refractivity contribution in [2.45, 2.75) is 76.4 Å². The SMILES string of the molecule is O=C(O)C(=CCn1c(=O)c2cc(F)c(NC3CCCCC3)cc2n(C2CCCC2)c1=O)c1ccccc1. The Morgan fingerprint density at radius 1 is 1.00 bits per heavy atom. The molecule has 2 fully saturated rings. The summed E-state index contributed by atoms with van der Waals surface area (Å²) in [6.07, 6.45) is 10.2. The van der Waals surface area contributed by atoms with Crippen LogP contribution in [0.25, 0.3) is 16.5 Å². The monoisotopic (exact) mass is 505 g/mol. The van der Waals surface area contributed by atoms with Gasteiger partial charge in [-0.25, -0.2) is 14.0 Å². The lowest BCUT2D eigenvalue weighted by atomic mass is 9.95. The van der Waals surface area contributed by atoms with Crippen molar-refractivity contribution in [1.82, 2.24) is 9.13 Å². The quantitative estimate of drug-likeness (QED) is 0.424. The highest BCUT2D eigenvalue weighted by molar-refractivity contribution is 6.15. The highest BCUT2D eigenvalue weighted by Gasteiger charge is 2.25. The van der Waals surface area contributed by atoms with Gasteiger partial charge in [0.05, 0.1) is 22.2 Å². The third kappa shape index (κ3) is 5.10. The van der Waals surface area contributed by atoms with Crippen LogP contribution in [-0.4, -0.2) is 26.3 Å². The Labute approximate surface area is 214 Å². The van der Waals surface area contributed by atoms with Gasteiger partial charge in [-0.05, 0) is 49.5 Å². The summed E-state index contributed by atoms with van der Waals surface area (Å²) in [4.78, 5) is 39.1. The van der Waals surface area contributed by atoms with Crippen molar-refractivity contribution in [3.05, 3.63) is 80.8 Å². The fraction of sp³-hybridized carbons (Fsp3) is 0.414. The molecule has 0 aliphatic heterocycles. The number of allylic oxidation sites excluding steroid dienone is 1. The van der Waals surface area contributed by atoms with Crippen LogP contribution in [0.2, 0.25) is 0 Å². The van der Waals surface area contributed by atoms with Crippen molar-refractivity contribution in [1.29, 1.82) is 0 Å². The minimum Gasteiger partial charge on any atom is -0.478 e. The lowest BCUT2D eigenvalue weighted by Crippen LogP contribution is -2.41. The van der Waals surface area contributed by atoms with Crippen LogP contribution in [0.3, 0.4) is 0 Å². The number of halogens is 1. The van der Waals surface area contributed by atoms with Crippen molar-refractivity contribution in [3.63, 3.8) is 0 Å². The molecule has 1 aromatic heterocycles. The van der Waals surface area contributed by atoms with Crippen LogP contribution in [0.15, 0.2) is 58.1 Å². The van der Waals surface area contributed by atoms with E-state index in [0.29, 0.717) is 16.8 Å². The Balaban J connectivity index is 1.63. The van der Waals surface area contributed by atoms with Crippen LogP contribution in [0.5, 0.6) is 0 Å². The maximum absolute atomic E-state index is 15.2. The average Bonchev–Trinajstić information content (AvgIpc) is 3.43. The second-order valence-electron chi connectivity index (χ2n) is 10.1. The molecule has 0 bridgehead atoms. The van der Waals surface area contributed by atoms with Crippen molar-refractivity contribution in [2.24, 2.45) is 0 Å². The van der Waals surface area contributed by atoms with Crippen LogP contribution < -0.4 is 16.6 Å². The summed E-state index contributed by atoms with van der Waals surface area (Å²) < 4.78 is 17.9. The van der Waals surface area contributed by atoms with Crippen LogP contribution in [0.4, 0.5) is 10.1 Å². The predicted octanol–water partition coefficient (Wildman–Crippen LogP) is 5.33. The zero-order valence-corrected chi connectivity index (χ0v) is 20.8. The summed E-state index contributed by atoms with van der Waals surface area (Å²) >= 11 is 0. The number of nitrogens with zero attached hydrogens (tertiary/aromatic N) is 2. The number of nitrogens with one attached hydrogen (secondary N) is 1. The fourth-order valence-electron chi connectivity index (χ4n) is 5.78. The van der Waals surface area contributed by atoms with E-state index in [2.05, 4.69) is 5.32 Å². The number of anilines is 1. The molecule has 7 nitrogen and oxygen atoms in total. The second kappa shape index (κ2) is 10.7. The molecule has 37 heavy (non-hydrogen) atoms. The van der Waals surface area contributed by atoms with Crippen molar-refractivity contribution in [3.8, 4) is 0 Å². The van der Waals surface area contributed by atoms with Crippen molar-refractivity contribution < 1.29 is 14.3 Å². The highest BCUT2D eigenvalue weighted by atomic mass is 19.1. The second-order valence-corrected chi connectivity index (χ2v) is 10.1. The molecule has 0 radical (unpaired) electrons. The van der Waals surface area contributed by atoms with Gasteiger partial charge < -0.3 is 10.4 Å². The molecule has 0 saturated heterocycles. The van der Waals surface area contributed by atoms with E-state index in [4.69, 9.17) is 0 Å². The summed E-state index contributed by atoms with van der Waals surface area (Å²) in [5.41, 5.74) is 0.116. The zero-order valence-electron chi connectivity index (χ0n) is 20.8. The molecule has 5 rings (SSSR count). The van der Waals surface area contributed by atoms with Gasteiger partial charge in [-0.1, -0.05) is 62.4 Å². The molecule has 0 atom stereocenters. The highest BCUT2D eigenvalue weighted by Crippen LogP contribution is 2.32. The Bertz CT molecular complexity index is 1450. The first-order valence-electron chi connectivity index (χ1n) is 13.2. The molecular weight excluding hydrogens is 473 g/mol. The summed E-state index contributed by atoms with van der Waals surface area (Å²) in [5, 5.41) is 13.2. The number of benzene rings is 2. The van der Waals surface area contributed by atoms with Crippen LogP contribution in [-0.2, 0) is 11.3 Å². The van der Waals surface area contributed by atoms with Gasteiger partial charge in [0.25, 0.3) is 5.56 Å². The Kier molecular flexibility index (Phi) is 7.26. The molecule has 1 heterocycles. The van der Waals surface area contributed by atoms with E-state index in [1.54, 1.807) is 41.0 Å². The number of carboxylic acids is 1. The van der Waals surface area contributed by atoms with Gasteiger partial charge in [-0.15, -0.1) is 0 Å². The molecule has 0 amide bonds. The lowest BCUT2D eigenvalue weighted by molar-refractivity contribution is -0.130. The van der Waals surface area contributed by atoms with Crippen LogP contribution in [0, 0.1) is 5.82 Å². The lowest BCUT2D eigenvalue weighted by Gasteiger charge is -2.25. The normalized spacial score (nSPS) is 17.4. The topological polar surface area (TPSA) is 93.3 Å². The van der Waals surface area contributed by atoms with Gasteiger partial charge in [0, 0.05) is 18.6 Å². The minimum absolute atomic E-state index is 0.00220. The summed E-state index contributed by atoms with van der Waals surface area (Å²) in [5.74, 6) is -1.68. The number of hydrogen-bond donors (Lipinski definition) is 2. The van der Waals surface area contributed by atoms with E-state index in [9.17, 15) is 19.5 Å². The van der Waals surface area contributed by atoms with Gasteiger partial charge >= 0.3 is 11.7 Å². The van der Waals surface area contributed by atoms with Gasteiger partial charge in [-0.2, -0.15) is 0 Å². The van der Waals surface area contributed by atoms with Crippen LogP contribution in [0.1, 0.15) is 69.4 Å². The van der Waals surface area contributed by atoms with E-state index in [1.165, 1.54) is 18.6 Å². The van der Waals surface area contributed by atoms with E-state index < -0.39 is 23.0 Å². The number of aliphatic carboxylic acids is 1. The summed E-state index contributed by atoms with van der Waals surface area (Å²) in [7, 11) is 0. The number of aromatic nitrogens is 2. The Morgan fingerprint density at radius 3 is 2.35 bits per heavy atom. The molecule has 2 aromatic carbocycles. The molecule has 2 N–H and O–H groups in total. The predicted molar refractivity (Wildman–Crippen MR) is 142 cm³/mol. The fourth-order valence-corrected chi connectivity index (χ4v) is 5.78. The number of rotatable bonds is 7. The summed E-state index contributed by atoms with van der Waals surface area (Å²) in [6, 6.07) is 11.5. The number of fused-ring (bicyclic) bond motifs is 1. The maximum Gasteiger partial charge on any atom is 0.336 e. The molecule has 8 heteroatoms. The smallest absolute Gasteiger partial charge is 0.336 e. The molecule has 2 aliphatic carbocycles. The number of carbonyl (C=O) groups is 1. The first kappa shape index (κ1) is 25.0. The molecule has 2 aliphatic rings. The van der Waals surface area contributed by atoms with Crippen molar-refractivity contribution >= 4 is 28.1 Å². The number of carboxylic acid groups (broad SMARTS) is 1. The molecule has 0 spiro atoms. The van der Waals surface area contributed by atoms with E-state index >= 15 is 4.39 Å². The van der Waals surface area contributed by atoms with E-state index in [1.807, 2.05) is 0 Å². The zero-order chi connectivity index (χ0) is 25.9. The van der Waals surface area contributed by atoms with Gasteiger partial charge in [-0.3, -0.25) is 13.9 Å².